The van der Waals surface area contributed by atoms with Gasteiger partial charge in [0.1, 0.15) is 0 Å². The molecule has 6 aromatic carbocycles. The van der Waals surface area contributed by atoms with Crippen molar-refractivity contribution in [1.29, 1.82) is 0 Å². The van der Waals surface area contributed by atoms with E-state index in [4.69, 9.17) is 0 Å². The van der Waals surface area contributed by atoms with Crippen LogP contribution in [0, 0.1) is 34.7 Å². The van der Waals surface area contributed by atoms with Gasteiger partial charge < -0.3 is 0 Å². The van der Waals surface area contributed by atoms with E-state index in [-0.39, 0.29) is 0 Å². The molecule has 0 saturated carbocycles. The zero-order valence-electron chi connectivity index (χ0n) is 19.4. The third-order valence-corrected chi connectivity index (χ3v) is 7.48. The Morgan fingerprint density at radius 3 is 1.29 bits per heavy atom. The summed E-state index contributed by atoms with van der Waals surface area (Å²) in [5.74, 6) is 0. The lowest BCUT2D eigenvalue weighted by Gasteiger charge is -2.18. The molecular weight excluding hydrogens is 408 g/mol. The first-order valence-electron chi connectivity index (χ1n) is 12.0. The Labute approximate surface area is 198 Å². The second-order valence-corrected chi connectivity index (χ2v) is 9.41. The number of hydrogen-bond acceptors (Lipinski definition) is 0. The zero-order valence-corrected chi connectivity index (χ0v) is 19.4. The minimum atomic E-state index is 1.29. The molecule has 0 fully saturated rings. The van der Waals surface area contributed by atoms with Gasteiger partial charge in [0.15, 0.2) is 0 Å². The first-order valence-corrected chi connectivity index (χ1v) is 12.0. The van der Waals surface area contributed by atoms with E-state index >= 15 is 0 Å². The topological polar surface area (TPSA) is 0 Å². The van der Waals surface area contributed by atoms with Crippen LogP contribution < -0.4 is 0 Å². The number of fused-ring (bicyclic) bond motifs is 4. The van der Waals surface area contributed by atoms with Gasteiger partial charge in [-0.05, 0) is 89.6 Å². The van der Waals surface area contributed by atoms with Gasteiger partial charge in [0.2, 0.25) is 0 Å². The van der Waals surface area contributed by atoms with Gasteiger partial charge in [0.25, 0.3) is 0 Å². The molecule has 1 aliphatic carbocycles. The first kappa shape index (κ1) is 19.3. The summed E-state index contributed by atoms with van der Waals surface area (Å²) >= 11 is 0. The van der Waals surface area contributed by atoms with Crippen LogP contribution in [0.3, 0.4) is 0 Å². The molecule has 34 heavy (non-hydrogen) atoms. The zero-order chi connectivity index (χ0) is 22.8. The van der Waals surface area contributed by atoms with Crippen LogP contribution in [0.1, 0.15) is 11.1 Å². The van der Waals surface area contributed by atoms with Crippen molar-refractivity contribution < 1.29 is 0 Å². The average Bonchev–Trinajstić information content (AvgIpc) is 2.86. The van der Waals surface area contributed by atoms with Crippen LogP contribution >= 0.6 is 0 Å². The van der Waals surface area contributed by atoms with Gasteiger partial charge in [-0.2, -0.15) is 0 Å². The maximum Gasteiger partial charge on any atom is -0.00138 e. The predicted octanol–water partition coefficient (Wildman–Crippen LogP) is 8.83. The molecule has 0 bridgehead atoms. The van der Waals surface area contributed by atoms with Gasteiger partial charge in [0.05, 0.1) is 0 Å². The number of rotatable bonds is 2. The molecule has 0 radical (unpaired) electrons. The number of benzene rings is 6. The van der Waals surface area contributed by atoms with E-state index < -0.39 is 0 Å². The Morgan fingerprint density at radius 1 is 0.382 bits per heavy atom. The molecule has 0 atom stereocenters. The summed E-state index contributed by atoms with van der Waals surface area (Å²) in [5, 5.41) is 10.7. The maximum atomic E-state index is 2.31. The smallest absolute Gasteiger partial charge is 0.00138 e. The quantitative estimate of drug-likeness (QED) is 0.256. The van der Waals surface area contributed by atoms with E-state index in [9.17, 15) is 0 Å². The number of aryl methyl sites for hydroxylation is 2. The van der Waals surface area contributed by atoms with E-state index in [1.165, 1.54) is 75.8 Å². The SMILES string of the molecule is Cc1ccc2ccccc2c1-c1cccc2c1=c1c(-c3c(C)ccc4ccccc34)cccc1=2. The summed E-state index contributed by atoms with van der Waals surface area (Å²) in [6.45, 7) is 4.48. The van der Waals surface area contributed by atoms with Crippen molar-refractivity contribution in [2.24, 2.45) is 0 Å². The highest BCUT2D eigenvalue weighted by Gasteiger charge is 2.17. The fourth-order valence-corrected chi connectivity index (χ4v) is 5.92. The molecule has 0 N–H and O–H groups in total. The Morgan fingerprint density at radius 2 is 0.824 bits per heavy atom. The monoisotopic (exact) mass is 432 g/mol. The molecule has 0 nitrogen and oxygen atoms in total. The number of hydrogen-bond donors (Lipinski definition) is 0. The molecule has 0 saturated heterocycles. The molecule has 0 unspecified atom stereocenters. The van der Waals surface area contributed by atoms with Crippen molar-refractivity contribution in [3.63, 3.8) is 0 Å². The largest absolute Gasteiger partial charge is 0.0616 e. The van der Waals surface area contributed by atoms with Gasteiger partial charge in [-0.1, -0.05) is 109 Å². The van der Waals surface area contributed by atoms with Crippen LogP contribution in [0.2, 0.25) is 0 Å². The third kappa shape index (κ3) is 2.60. The van der Waals surface area contributed by atoms with Gasteiger partial charge in [-0.15, -0.1) is 0 Å². The predicted molar refractivity (Wildman–Crippen MR) is 144 cm³/mol. The molecule has 0 spiro atoms. The van der Waals surface area contributed by atoms with Crippen molar-refractivity contribution in [1.82, 2.24) is 0 Å². The minimum absolute atomic E-state index is 1.29. The summed E-state index contributed by atoms with van der Waals surface area (Å²) in [6.07, 6.45) is 0. The normalized spacial score (nSPS) is 11.8. The van der Waals surface area contributed by atoms with Crippen LogP contribution in [0.15, 0.2) is 109 Å². The second-order valence-electron chi connectivity index (χ2n) is 9.41. The molecule has 6 aromatic rings. The third-order valence-electron chi connectivity index (χ3n) is 7.48. The fraction of sp³-hybridized carbons (Fsp3) is 0.0588. The van der Waals surface area contributed by atoms with Crippen molar-refractivity contribution in [2.45, 2.75) is 13.8 Å². The maximum absolute atomic E-state index is 2.31. The van der Waals surface area contributed by atoms with Gasteiger partial charge in [0, 0.05) is 0 Å². The lowest BCUT2D eigenvalue weighted by atomic mass is 9.85. The second kappa shape index (κ2) is 7.17. The minimum Gasteiger partial charge on any atom is -0.0616 e. The van der Waals surface area contributed by atoms with Crippen molar-refractivity contribution in [3.05, 3.63) is 141 Å². The standard InChI is InChI=1S/C34H24/c1-21-17-19-23-9-3-5-11-25(23)31(21)29-15-7-13-27-28-14-8-16-30(34(28)33(27)29)32-22(2)18-20-24-10-4-6-12-26(24)32/h3-20H,1-2H3. The van der Waals surface area contributed by atoms with Gasteiger partial charge in [-0.25, -0.2) is 0 Å². The summed E-state index contributed by atoms with van der Waals surface area (Å²) in [7, 11) is 0. The summed E-state index contributed by atoms with van der Waals surface area (Å²) in [4.78, 5) is 0. The molecule has 1 aliphatic rings. The highest BCUT2D eigenvalue weighted by molar-refractivity contribution is 6.00. The highest BCUT2D eigenvalue weighted by Crippen LogP contribution is 2.38. The first-order chi connectivity index (χ1) is 16.7. The Bertz CT molecular complexity index is 1830. The average molecular weight is 433 g/mol. The molecule has 0 aromatic heterocycles. The molecule has 0 heterocycles. The Kier molecular flexibility index (Phi) is 4.07. The molecule has 160 valence electrons. The highest BCUT2D eigenvalue weighted by atomic mass is 14.2. The molecule has 7 rings (SSSR count). The molecule has 0 amide bonds. The fourth-order valence-electron chi connectivity index (χ4n) is 5.92. The van der Waals surface area contributed by atoms with Gasteiger partial charge in [-0.3, -0.25) is 0 Å². The summed E-state index contributed by atoms with van der Waals surface area (Å²) in [6, 6.07) is 40.1. The van der Waals surface area contributed by atoms with E-state index in [0.29, 0.717) is 0 Å². The van der Waals surface area contributed by atoms with E-state index in [0.717, 1.165) is 0 Å². The Hall–Kier alpha value is -4.16. The van der Waals surface area contributed by atoms with Crippen LogP contribution in [-0.4, -0.2) is 0 Å². The molecule has 0 heteroatoms. The van der Waals surface area contributed by atoms with Crippen LogP contribution in [0.25, 0.3) is 43.8 Å². The van der Waals surface area contributed by atoms with Crippen LogP contribution in [0.4, 0.5) is 0 Å². The van der Waals surface area contributed by atoms with Crippen LogP contribution in [0.5, 0.6) is 0 Å². The van der Waals surface area contributed by atoms with Crippen LogP contribution in [-0.2, 0) is 0 Å². The Balaban J connectivity index is 1.66. The van der Waals surface area contributed by atoms with Crippen molar-refractivity contribution in [3.8, 4) is 22.3 Å². The summed E-state index contributed by atoms with van der Waals surface area (Å²) in [5.41, 5.74) is 8.02. The van der Waals surface area contributed by atoms with E-state index in [1.807, 2.05) is 0 Å². The molecular formula is C34H24. The van der Waals surface area contributed by atoms with Gasteiger partial charge >= 0.3 is 0 Å². The summed E-state index contributed by atoms with van der Waals surface area (Å²) < 4.78 is 0. The molecule has 0 aliphatic heterocycles. The van der Waals surface area contributed by atoms with E-state index in [2.05, 4.69) is 123 Å². The van der Waals surface area contributed by atoms with Crippen molar-refractivity contribution >= 4 is 21.5 Å². The lowest BCUT2D eigenvalue weighted by Crippen LogP contribution is -1.99. The van der Waals surface area contributed by atoms with E-state index in [1.54, 1.807) is 0 Å². The lowest BCUT2D eigenvalue weighted by molar-refractivity contribution is 1.28. The van der Waals surface area contributed by atoms with Crippen molar-refractivity contribution in [2.75, 3.05) is 0 Å².